The van der Waals surface area contributed by atoms with E-state index in [0.717, 1.165) is 6.42 Å². The third-order valence-electron chi connectivity index (χ3n) is 5.51. The molecule has 156 valence electrons. The number of hydrogen-bond donors (Lipinski definition) is 0. The Hall–Kier alpha value is -2.35. The van der Waals surface area contributed by atoms with Gasteiger partial charge in [-0.15, -0.1) is 0 Å². The minimum Gasteiger partial charge on any atom is -0.469 e. The van der Waals surface area contributed by atoms with Crippen LogP contribution < -0.4 is 5.56 Å². The van der Waals surface area contributed by atoms with E-state index in [1.807, 2.05) is 32.0 Å². The van der Waals surface area contributed by atoms with Crippen LogP contribution in [0.1, 0.15) is 39.2 Å². The van der Waals surface area contributed by atoms with Gasteiger partial charge in [-0.2, -0.15) is 0 Å². The van der Waals surface area contributed by atoms with E-state index < -0.39 is 0 Å². The first-order valence-corrected chi connectivity index (χ1v) is 10.9. The third-order valence-corrected chi connectivity index (χ3v) is 6.45. The lowest BCUT2D eigenvalue weighted by atomic mass is 9.97. The summed E-state index contributed by atoms with van der Waals surface area (Å²) in [5.74, 6) is -0.125. The molecule has 0 bridgehead atoms. The molecule has 1 fully saturated rings. The molecular weight excluding hydrogens is 390 g/mol. The molecule has 2 heterocycles. The summed E-state index contributed by atoms with van der Waals surface area (Å²) >= 11 is 1.30. The Morgan fingerprint density at radius 1 is 1.28 bits per heavy atom. The zero-order valence-corrected chi connectivity index (χ0v) is 17.9. The maximum absolute atomic E-state index is 13.0. The Kier molecular flexibility index (Phi) is 6.95. The summed E-state index contributed by atoms with van der Waals surface area (Å²) in [6, 6.07) is 7.29. The van der Waals surface area contributed by atoms with Crippen LogP contribution in [0.15, 0.2) is 34.2 Å². The van der Waals surface area contributed by atoms with E-state index in [2.05, 4.69) is 4.98 Å². The van der Waals surface area contributed by atoms with Gasteiger partial charge in [0.25, 0.3) is 5.56 Å². The van der Waals surface area contributed by atoms with Crippen molar-refractivity contribution in [3.05, 3.63) is 34.6 Å². The average Bonchev–Trinajstić information content (AvgIpc) is 2.76. The Bertz CT molecular complexity index is 951. The van der Waals surface area contributed by atoms with Crippen molar-refractivity contribution in [3.8, 4) is 0 Å². The van der Waals surface area contributed by atoms with Gasteiger partial charge in [-0.1, -0.05) is 30.8 Å². The second-order valence-corrected chi connectivity index (χ2v) is 8.25. The molecule has 2 aromatic rings. The first-order chi connectivity index (χ1) is 14.0. The number of likely N-dealkylation sites (tertiary alicyclic amines) is 1. The highest BCUT2D eigenvalue weighted by Crippen LogP contribution is 2.24. The molecule has 1 aliphatic rings. The van der Waals surface area contributed by atoms with Crippen LogP contribution in [0.3, 0.4) is 0 Å². The lowest BCUT2D eigenvalue weighted by Gasteiger charge is -2.30. The largest absolute Gasteiger partial charge is 0.469 e. The average molecular weight is 418 g/mol. The van der Waals surface area contributed by atoms with E-state index in [1.165, 1.54) is 18.9 Å². The van der Waals surface area contributed by atoms with Crippen LogP contribution >= 0.6 is 11.8 Å². The molecule has 0 saturated carbocycles. The molecule has 3 rings (SSSR count). The van der Waals surface area contributed by atoms with Crippen molar-refractivity contribution in [3.63, 3.8) is 0 Å². The molecule has 1 aliphatic heterocycles. The minimum absolute atomic E-state index is 0.00331. The molecule has 7 nitrogen and oxygen atoms in total. The van der Waals surface area contributed by atoms with E-state index in [0.29, 0.717) is 42.0 Å². The maximum Gasteiger partial charge on any atom is 0.308 e. The number of aromatic nitrogens is 2. The molecule has 1 saturated heterocycles. The summed E-state index contributed by atoms with van der Waals surface area (Å²) < 4.78 is 6.49. The monoisotopic (exact) mass is 417 g/mol. The second-order valence-electron chi connectivity index (χ2n) is 7.31. The van der Waals surface area contributed by atoms with Crippen LogP contribution in [0.5, 0.6) is 0 Å². The van der Waals surface area contributed by atoms with Gasteiger partial charge in [-0.3, -0.25) is 19.0 Å². The van der Waals surface area contributed by atoms with Gasteiger partial charge in [0.1, 0.15) is 0 Å². The molecule has 1 aromatic carbocycles. The summed E-state index contributed by atoms with van der Waals surface area (Å²) in [4.78, 5) is 43.8. The van der Waals surface area contributed by atoms with Crippen molar-refractivity contribution in [1.29, 1.82) is 0 Å². The van der Waals surface area contributed by atoms with Crippen molar-refractivity contribution >= 4 is 34.5 Å². The van der Waals surface area contributed by atoms with Gasteiger partial charge < -0.3 is 9.64 Å². The minimum atomic E-state index is -0.204. The second kappa shape index (κ2) is 9.43. The van der Waals surface area contributed by atoms with Gasteiger partial charge in [0.05, 0.1) is 29.7 Å². The molecule has 0 unspecified atom stereocenters. The van der Waals surface area contributed by atoms with Crippen molar-refractivity contribution in [2.45, 2.75) is 44.3 Å². The standard InChI is InChI=1S/C21H27N3O4S/c1-4-14(2)24-19(26)16-7-5-6-8-17(16)22-21(24)29-13-18(25)23-11-9-15(10-12-23)20(27)28-3/h5-8,14-15H,4,9-13H2,1-3H3/t14-/m1/s1. The van der Waals surface area contributed by atoms with Crippen molar-refractivity contribution in [2.75, 3.05) is 26.0 Å². The molecular formula is C21H27N3O4S. The fourth-order valence-corrected chi connectivity index (χ4v) is 4.55. The maximum atomic E-state index is 13.0. The fraction of sp³-hybridized carbons (Fsp3) is 0.524. The van der Waals surface area contributed by atoms with Crippen molar-refractivity contribution < 1.29 is 14.3 Å². The van der Waals surface area contributed by atoms with Crippen LogP contribution in [0.4, 0.5) is 0 Å². The molecule has 1 aromatic heterocycles. The van der Waals surface area contributed by atoms with Crippen molar-refractivity contribution in [2.24, 2.45) is 5.92 Å². The molecule has 8 heteroatoms. The topological polar surface area (TPSA) is 81.5 Å². The summed E-state index contributed by atoms with van der Waals surface area (Å²) in [6.45, 7) is 5.10. The van der Waals surface area contributed by atoms with Gasteiger partial charge in [-0.25, -0.2) is 4.98 Å². The van der Waals surface area contributed by atoms with Gasteiger partial charge in [0.15, 0.2) is 5.16 Å². The quantitative estimate of drug-likeness (QED) is 0.408. The number of carbonyl (C=O) groups excluding carboxylic acids is 2. The Balaban J connectivity index is 1.74. The van der Waals surface area contributed by atoms with Gasteiger partial charge in [-0.05, 0) is 38.3 Å². The van der Waals surface area contributed by atoms with Crippen LogP contribution in [-0.4, -0.2) is 52.3 Å². The number of benzene rings is 1. The molecule has 0 radical (unpaired) electrons. The Morgan fingerprint density at radius 3 is 2.62 bits per heavy atom. The highest BCUT2D eigenvalue weighted by molar-refractivity contribution is 7.99. The van der Waals surface area contributed by atoms with Crippen LogP contribution in [-0.2, 0) is 14.3 Å². The Labute approximate surface area is 174 Å². The van der Waals surface area contributed by atoms with Crippen LogP contribution in [0.2, 0.25) is 0 Å². The predicted octanol–water partition coefficient (Wildman–Crippen LogP) is 2.87. The van der Waals surface area contributed by atoms with Crippen LogP contribution in [0, 0.1) is 5.92 Å². The lowest BCUT2D eigenvalue weighted by molar-refractivity contribution is -0.148. The van der Waals surface area contributed by atoms with Crippen molar-refractivity contribution in [1.82, 2.24) is 14.5 Å². The summed E-state index contributed by atoms with van der Waals surface area (Å²) in [6.07, 6.45) is 2.03. The number of nitrogens with zero attached hydrogens (tertiary/aromatic N) is 3. The number of ether oxygens (including phenoxy) is 1. The zero-order chi connectivity index (χ0) is 21.0. The number of rotatable bonds is 6. The number of carbonyl (C=O) groups is 2. The number of esters is 1. The number of amides is 1. The third kappa shape index (κ3) is 4.63. The number of fused-ring (bicyclic) bond motifs is 1. The highest BCUT2D eigenvalue weighted by Gasteiger charge is 2.28. The molecule has 1 atom stereocenters. The predicted molar refractivity (Wildman–Crippen MR) is 113 cm³/mol. The summed E-state index contributed by atoms with van der Waals surface area (Å²) in [7, 11) is 1.39. The number of thioether (sulfide) groups is 1. The van der Waals surface area contributed by atoms with Gasteiger partial charge in [0, 0.05) is 19.1 Å². The first-order valence-electron chi connectivity index (χ1n) is 9.96. The van der Waals surface area contributed by atoms with E-state index in [4.69, 9.17) is 4.74 Å². The van der Waals surface area contributed by atoms with E-state index >= 15 is 0 Å². The zero-order valence-electron chi connectivity index (χ0n) is 17.1. The fourth-order valence-electron chi connectivity index (χ4n) is 3.55. The summed E-state index contributed by atoms with van der Waals surface area (Å²) in [5.41, 5.74) is 0.574. The van der Waals surface area contributed by atoms with E-state index in [9.17, 15) is 14.4 Å². The van der Waals surface area contributed by atoms with Gasteiger partial charge in [0.2, 0.25) is 5.91 Å². The SMILES string of the molecule is CC[C@@H](C)n1c(SCC(=O)N2CCC(C(=O)OC)CC2)nc2ccccc2c1=O. The number of hydrogen-bond acceptors (Lipinski definition) is 6. The lowest BCUT2D eigenvalue weighted by Crippen LogP contribution is -2.41. The first kappa shape index (κ1) is 21.4. The molecule has 0 N–H and O–H groups in total. The van der Waals surface area contributed by atoms with E-state index in [-0.39, 0.29) is 35.1 Å². The van der Waals surface area contributed by atoms with Gasteiger partial charge >= 0.3 is 5.97 Å². The molecule has 0 aliphatic carbocycles. The van der Waals surface area contributed by atoms with Crippen LogP contribution in [0.25, 0.3) is 10.9 Å². The molecule has 0 spiro atoms. The number of methoxy groups -OCH3 is 1. The Morgan fingerprint density at radius 2 is 1.97 bits per heavy atom. The number of piperidine rings is 1. The number of para-hydroxylation sites is 1. The molecule has 29 heavy (non-hydrogen) atoms. The molecule has 1 amide bonds. The summed E-state index contributed by atoms with van der Waals surface area (Å²) in [5, 5.41) is 1.16. The highest BCUT2D eigenvalue weighted by atomic mass is 32.2. The van der Waals surface area contributed by atoms with E-state index in [1.54, 1.807) is 15.5 Å². The normalized spacial score (nSPS) is 16.0. The smallest absolute Gasteiger partial charge is 0.308 e.